The molecule has 17 heavy (non-hydrogen) atoms. The van der Waals surface area contributed by atoms with E-state index >= 15 is 0 Å². The summed E-state index contributed by atoms with van der Waals surface area (Å²) in [6, 6.07) is 3.68. The summed E-state index contributed by atoms with van der Waals surface area (Å²) in [5, 5.41) is 0.671. The van der Waals surface area contributed by atoms with Gasteiger partial charge in [-0.3, -0.25) is 0 Å². The highest BCUT2D eigenvalue weighted by Crippen LogP contribution is 2.38. The number of benzene rings is 1. The van der Waals surface area contributed by atoms with Crippen molar-refractivity contribution in [1.29, 1.82) is 0 Å². The van der Waals surface area contributed by atoms with E-state index in [4.69, 9.17) is 27.5 Å². The molecule has 0 bridgehead atoms. The molecule has 0 spiro atoms. The first-order valence-corrected chi connectivity index (χ1v) is 5.90. The number of hydrogen-bond donors (Lipinski definition) is 0. The van der Waals surface area contributed by atoms with Gasteiger partial charge >= 0.3 is 0 Å². The molecular weight excluding hydrogens is 236 g/mol. The molecule has 2 nitrogen and oxygen atoms in total. The van der Waals surface area contributed by atoms with E-state index in [0.717, 1.165) is 12.0 Å². The summed E-state index contributed by atoms with van der Waals surface area (Å²) >= 11 is 6.24. The molecule has 0 aliphatic rings. The fourth-order valence-corrected chi connectivity index (χ4v) is 2.11. The molecule has 0 aliphatic heterocycles. The predicted octanol–water partition coefficient (Wildman–Crippen LogP) is 3.87. The Kier molecular flexibility index (Phi) is 5.18. The van der Waals surface area contributed by atoms with E-state index < -0.39 is 0 Å². The first kappa shape index (κ1) is 13.7. The molecule has 0 radical (unpaired) electrons. The van der Waals surface area contributed by atoms with E-state index in [-0.39, 0.29) is 5.92 Å². The van der Waals surface area contributed by atoms with Gasteiger partial charge in [0.05, 0.1) is 14.2 Å². The van der Waals surface area contributed by atoms with Gasteiger partial charge in [0.1, 0.15) is 0 Å². The van der Waals surface area contributed by atoms with Crippen LogP contribution in [0.25, 0.3) is 0 Å². The predicted molar refractivity (Wildman–Crippen MR) is 71.0 cm³/mol. The second-order valence-electron chi connectivity index (χ2n) is 3.74. The van der Waals surface area contributed by atoms with Crippen LogP contribution in [-0.4, -0.2) is 14.2 Å². The lowest BCUT2D eigenvalue weighted by molar-refractivity contribution is 0.354. The van der Waals surface area contributed by atoms with E-state index in [9.17, 15) is 0 Å². The van der Waals surface area contributed by atoms with Gasteiger partial charge in [-0.1, -0.05) is 18.5 Å². The van der Waals surface area contributed by atoms with Crippen molar-refractivity contribution in [3.05, 3.63) is 22.7 Å². The number of rotatable bonds is 5. The maximum atomic E-state index is 6.24. The Labute approximate surface area is 108 Å². The normalized spacial score (nSPS) is 11.7. The monoisotopic (exact) mass is 252 g/mol. The third-order valence-corrected chi connectivity index (χ3v) is 3.13. The number of hydrogen-bond acceptors (Lipinski definition) is 2. The largest absolute Gasteiger partial charge is 0.493 e. The van der Waals surface area contributed by atoms with Crippen molar-refractivity contribution >= 4 is 11.6 Å². The molecule has 0 fully saturated rings. The van der Waals surface area contributed by atoms with Crippen LogP contribution >= 0.6 is 11.6 Å². The van der Waals surface area contributed by atoms with E-state index in [1.165, 1.54) is 0 Å². The summed E-state index contributed by atoms with van der Waals surface area (Å²) in [5.74, 6) is 4.26. The average Bonchev–Trinajstić information content (AvgIpc) is 2.36. The summed E-state index contributed by atoms with van der Waals surface area (Å²) in [6.07, 6.45) is 6.99. The second-order valence-corrected chi connectivity index (χ2v) is 4.15. The van der Waals surface area contributed by atoms with E-state index in [1.807, 2.05) is 6.07 Å². The van der Waals surface area contributed by atoms with Gasteiger partial charge in [0.2, 0.25) is 0 Å². The molecule has 1 unspecified atom stereocenters. The van der Waals surface area contributed by atoms with Crippen molar-refractivity contribution in [1.82, 2.24) is 0 Å². The highest BCUT2D eigenvalue weighted by Gasteiger charge is 2.16. The van der Waals surface area contributed by atoms with E-state index in [0.29, 0.717) is 22.9 Å². The molecule has 0 saturated carbocycles. The third kappa shape index (κ3) is 3.08. The van der Waals surface area contributed by atoms with Gasteiger partial charge in [0.15, 0.2) is 11.5 Å². The molecule has 0 aliphatic carbocycles. The SMILES string of the molecule is C#CCC(CC)c1cc(OC)c(OC)cc1Cl. The highest BCUT2D eigenvalue weighted by molar-refractivity contribution is 6.31. The minimum atomic E-state index is 0.257. The lowest BCUT2D eigenvalue weighted by Gasteiger charge is -2.17. The van der Waals surface area contributed by atoms with Gasteiger partial charge in [0.25, 0.3) is 0 Å². The zero-order valence-corrected chi connectivity index (χ0v) is 11.2. The van der Waals surface area contributed by atoms with Gasteiger partial charge < -0.3 is 9.47 Å². The van der Waals surface area contributed by atoms with E-state index in [2.05, 4.69) is 12.8 Å². The van der Waals surface area contributed by atoms with Crippen molar-refractivity contribution in [3.8, 4) is 23.8 Å². The van der Waals surface area contributed by atoms with Crippen molar-refractivity contribution in [2.75, 3.05) is 14.2 Å². The Morgan fingerprint density at radius 1 is 1.29 bits per heavy atom. The Morgan fingerprint density at radius 3 is 2.35 bits per heavy atom. The van der Waals surface area contributed by atoms with Crippen molar-refractivity contribution < 1.29 is 9.47 Å². The molecule has 3 heteroatoms. The van der Waals surface area contributed by atoms with Crippen LogP contribution in [0.1, 0.15) is 31.2 Å². The third-order valence-electron chi connectivity index (χ3n) is 2.80. The zero-order chi connectivity index (χ0) is 12.8. The molecule has 92 valence electrons. The van der Waals surface area contributed by atoms with E-state index in [1.54, 1.807) is 20.3 Å². The molecule has 0 saturated heterocycles. The highest BCUT2D eigenvalue weighted by atomic mass is 35.5. The molecule has 1 aromatic carbocycles. The summed E-state index contributed by atoms with van der Waals surface area (Å²) in [4.78, 5) is 0. The first-order chi connectivity index (χ1) is 8.17. The van der Waals surface area contributed by atoms with Crippen molar-refractivity contribution in [2.24, 2.45) is 0 Å². The maximum absolute atomic E-state index is 6.24. The lowest BCUT2D eigenvalue weighted by atomic mass is 9.93. The fraction of sp³-hybridized carbons (Fsp3) is 0.429. The van der Waals surface area contributed by atoms with Crippen LogP contribution in [0.3, 0.4) is 0 Å². The zero-order valence-electron chi connectivity index (χ0n) is 10.4. The second kappa shape index (κ2) is 6.42. The van der Waals surface area contributed by atoms with Gasteiger partial charge in [-0.15, -0.1) is 12.3 Å². The first-order valence-electron chi connectivity index (χ1n) is 5.52. The van der Waals surface area contributed by atoms with Crippen LogP contribution in [0.4, 0.5) is 0 Å². The van der Waals surface area contributed by atoms with Crippen LogP contribution in [-0.2, 0) is 0 Å². The molecule has 1 aromatic rings. The van der Waals surface area contributed by atoms with Gasteiger partial charge in [0, 0.05) is 17.5 Å². The standard InChI is InChI=1S/C14H17ClO2/c1-5-7-10(6-2)11-8-13(16-3)14(17-4)9-12(11)15/h1,8-10H,6-7H2,2-4H3. The average molecular weight is 253 g/mol. The Hall–Kier alpha value is -1.33. The minimum absolute atomic E-state index is 0.257. The van der Waals surface area contributed by atoms with Crippen molar-refractivity contribution in [2.45, 2.75) is 25.7 Å². The van der Waals surface area contributed by atoms with Crippen LogP contribution in [0.5, 0.6) is 11.5 Å². The summed E-state index contributed by atoms with van der Waals surface area (Å²) in [6.45, 7) is 2.09. The Morgan fingerprint density at radius 2 is 1.88 bits per heavy atom. The van der Waals surface area contributed by atoms with Crippen LogP contribution in [0, 0.1) is 12.3 Å². The molecule has 0 amide bonds. The number of terminal acetylenes is 1. The fourth-order valence-electron chi connectivity index (χ4n) is 1.80. The van der Waals surface area contributed by atoms with Gasteiger partial charge in [-0.25, -0.2) is 0 Å². The van der Waals surface area contributed by atoms with Gasteiger partial charge in [-0.2, -0.15) is 0 Å². The lowest BCUT2D eigenvalue weighted by Crippen LogP contribution is -2.00. The summed E-state index contributed by atoms with van der Waals surface area (Å²) in [7, 11) is 3.20. The minimum Gasteiger partial charge on any atom is -0.493 e. The van der Waals surface area contributed by atoms with Gasteiger partial charge in [-0.05, 0) is 24.0 Å². The number of ether oxygens (including phenoxy) is 2. The Balaban J connectivity index is 3.20. The molecule has 0 aromatic heterocycles. The quantitative estimate of drug-likeness (QED) is 0.741. The molecule has 1 atom stereocenters. The maximum Gasteiger partial charge on any atom is 0.162 e. The summed E-state index contributed by atoms with van der Waals surface area (Å²) in [5.41, 5.74) is 1.02. The molecule has 0 heterocycles. The van der Waals surface area contributed by atoms with Crippen LogP contribution < -0.4 is 9.47 Å². The van der Waals surface area contributed by atoms with Crippen LogP contribution in [0.15, 0.2) is 12.1 Å². The smallest absolute Gasteiger partial charge is 0.162 e. The molecule has 0 N–H and O–H groups in total. The number of methoxy groups -OCH3 is 2. The van der Waals surface area contributed by atoms with Crippen LogP contribution in [0.2, 0.25) is 5.02 Å². The number of halogens is 1. The summed E-state index contributed by atoms with van der Waals surface area (Å²) < 4.78 is 10.5. The Bertz CT molecular complexity index is 421. The van der Waals surface area contributed by atoms with Crippen molar-refractivity contribution in [3.63, 3.8) is 0 Å². The molecule has 1 rings (SSSR count). The topological polar surface area (TPSA) is 18.5 Å². The molecular formula is C14H17ClO2.